The van der Waals surface area contributed by atoms with Crippen molar-refractivity contribution < 1.29 is 22.4 Å². The number of alkyl halides is 3. The van der Waals surface area contributed by atoms with Crippen LogP contribution in [0, 0.1) is 5.92 Å². The van der Waals surface area contributed by atoms with Gasteiger partial charge in [-0.2, -0.15) is 13.2 Å². The lowest BCUT2D eigenvalue weighted by molar-refractivity contribution is -0.141. The van der Waals surface area contributed by atoms with Crippen LogP contribution in [0.15, 0.2) is 30.5 Å². The molecule has 29 heavy (non-hydrogen) atoms. The fourth-order valence-corrected chi connectivity index (χ4v) is 3.47. The highest BCUT2D eigenvalue weighted by Crippen LogP contribution is 2.33. The van der Waals surface area contributed by atoms with E-state index in [1.165, 1.54) is 24.3 Å². The number of nitrogens with zero attached hydrogens (tertiary/aromatic N) is 3. The Morgan fingerprint density at radius 3 is 2.62 bits per heavy atom. The monoisotopic (exact) mass is 430 g/mol. The molecular weight excluding hydrogens is 412 g/mol. The van der Waals surface area contributed by atoms with Crippen LogP contribution in [0.2, 0.25) is 5.02 Å². The average molecular weight is 431 g/mol. The minimum absolute atomic E-state index is 0.120. The van der Waals surface area contributed by atoms with Crippen molar-refractivity contribution >= 4 is 29.1 Å². The second-order valence-corrected chi connectivity index (χ2v) is 7.34. The summed E-state index contributed by atoms with van der Waals surface area (Å²) in [6, 6.07) is 5.43. The molecule has 0 spiro atoms. The molecule has 1 saturated carbocycles. The Hall–Kier alpha value is -2.42. The van der Waals surface area contributed by atoms with Gasteiger partial charge in [0.15, 0.2) is 5.69 Å². The Bertz CT molecular complexity index is 872. The number of anilines is 2. The lowest BCUT2D eigenvalue weighted by Gasteiger charge is -2.22. The van der Waals surface area contributed by atoms with Crippen molar-refractivity contribution in [2.24, 2.45) is 5.92 Å². The van der Waals surface area contributed by atoms with Gasteiger partial charge in [0.1, 0.15) is 0 Å². The quantitative estimate of drug-likeness (QED) is 0.504. The number of benzene rings is 1. The van der Waals surface area contributed by atoms with Gasteiger partial charge in [0.2, 0.25) is 0 Å². The number of hydrogen-bond acceptors (Lipinski definition) is 4. The summed E-state index contributed by atoms with van der Waals surface area (Å²) in [5, 5.41) is 2.60. The lowest BCUT2D eigenvalue weighted by Crippen LogP contribution is -2.32. The first-order valence-corrected chi connectivity index (χ1v) is 9.57. The Kier molecular flexibility index (Phi) is 6.56. The van der Waals surface area contributed by atoms with E-state index >= 15 is 0 Å². The van der Waals surface area contributed by atoms with Crippen molar-refractivity contribution in [3.63, 3.8) is 0 Å². The minimum Gasteiger partial charge on any atom is -0.352 e. The summed E-state index contributed by atoms with van der Waals surface area (Å²) >= 11 is 5.78. The van der Waals surface area contributed by atoms with E-state index in [4.69, 9.17) is 11.6 Å². The van der Waals surface area contributed by atoms with E-state index in [-0.39, 0.29) is 28.3 Å². The van der Waals surface area contributed by atoms with Gasteiger partial charge in [0.05, 0.1) is 11.3 Å². The van der Waals surface area contributed by atoms with E-state index in [9.17, 15) is 22.4 Å². The molecule has 1 heterocycles. The molecule has 0 unspecified atom stereocenters. The van der Waals surface area contributed by atoms with E-state index in [1.807, 2.05) is 0 Å². The zero-order chi connectivity index (χ0) is 21.0. The smallest absolute Gasteiger partial charge is 0.352 e. The van der Waals surface area contributed by atoms with Gasteiger partial charge in [0.25, 0.3) is 11.9 Å². The average Bonchev–Trinajstić information content (AvgIpc) is 2.71. The molecule has 1 aliphatic carbocycles. The van der Waals surface area contributed by atoms with Crippen molar-refractivity contribution in [3.8, 4) is 0 Å². The topological polar surface area (TPSA) is 58.1 Å². The number of amides is 1. The highest BCUT2D eigenvalue weighted by molar-refractivity contribution is 6.30. The first-order valence-electron chi connectivity index (χ1n) is 9.19. The molecular formula is C19H19ClF4N4O. The van der Waals surface area contributed by atoms with E-state index in [1.54, 1.807) is 0 Å². The van der Waals surface area contributed by atoms with Crippen molar-refractivity contribution in [3.05, 3.63) is 46.7 Å². The van der Waals surface area contributed by atoms with Crippen molar-refractivity contribution in [2.45, 2.75) is 38.3 Å². The minimum atomic E-state index is -4.95. The van der Waals surface area contributed by atoms with Crippen LogP contribution in [0.25, 0.3) is 0 Å². The summed E-state index contributed by atoms with van der Waals surface area (Å²) in [6.45, 7) is 0.287. The summed E-state index contributed by atoms with van der Waals surface area (Å²) in [5.74, 6) is -1.53. The van der Waals surface area contributed by atoms with Gasteiger partial charge in [0, 0.05) is 17.8 Å². The Balaban J connectivity index is 1.83. The van der Waals surface area contributed by atoms with Crippen LogP contribution in [0.5, 0.6) is 0 Å². The first-order chi connectivity index (χ1) is 13.8. The third kappa shape index (κ3) is 5.35. The molecule has 0 atom stereocenters. The molecule has 1 aromatic carbocycles. The molecule has 1 aromatic heterocycles. The lowest BCUT2D eigenvalue weighted by atomic mass is 9.89. The number of carbonyl (C=O) groups is 1. The second-order valence-electron chi connectivity index (χ2n) is 6.90. The Morgan fingerprint density at radius 1 is 1.24 bits per heavy atom. The number of hydrogen-bond donors (Lipinski definition) is 1. The molecule has 2 aromatic rings. The Labute approximate surface area is 170 Å². The zero-order valence-electron chi connectivity index (χ0n) is 15.3. The van der Waals surface area contributed by atoms with Crippen LogP contribution in [-0.4, -0.2) is 22.4 Å². The van der Waals surface area contributed by atoms with Gasteiger partial charge < -0.3 is 5.32 Å². The highest BCUT2D eigenvalue weighted by Gasteiger charge is 2.39. The fourth-order valence-electron chi connectivity index (χ4n) is 3.29. The molecule has 0 saturated heterocycles. The van der Waals surface area contributed by atoms with E-state index in [0.29, 0.717) is 6.20 Å². The van der Waals surface area contributed by atoms with Crippen molar-refractivity contribution in [1.29, 1.82) is 0 Å². The fraction of sp³-hybridized carbons (Fsp3) is 0.421. The number of nitrogens with one attached hydrogen (secondary N) is 1. The molecule has 10 heteroatoms. The number of aromatic nitrogens is 2. The van der Waals surface area contributed by atoms with Crippen LogP contribution in [0.3, 0.4) is 0 Å². The maximum Gasteiger partial charge on any atom is 0.434 e. The van der Waals surface area contributed by atoms with Crippen LogP contribution >= 0.6 is 11.6 Å². The summed E-state index contributed by atoms with van der Waals surface area (Å²) < 4.78 is 55.0. The predicted molar refractivity (Wildman–Crippen MR) is 101 cm³/mol. The van der Waals surface area contributed by atoms with Crippen molar-refractivity contribution in [2.75, 3.05) is 11.7 Å². The third-order valence-electron chi connectivity index (χ3n) is 4.78. The van der Waals surface area contributed by atoms with Gasteiger partial charge in [-0.25, -0.2) is 9.97 Å². The maximum atomic E-state index is 14.5. The summed E-state index contributed by atoms with van der Waals surface area (Å²) in [7, 11) is 0. The Morgan fingerprint density at radius 2 is 1.97 bits per heavy atom. The number of carbonyl (C=O) groups excluding carboxylic acids is 1. The summed E-state index contributed by atoms with van der Waals surface area (Å²) in [4.78, 5) is 19.2. The van der Waals surface area contributed by atoms with Crippen molar-refractivity contribution in [1.82, 2.24) is 15.3 Å². The van der Waals surface area contributed by atoms with Gasteiger partial charge in [-0.05, 0) is 37.0 Å². The molecule has 1 fully saturated rings. The van der Waals surface area contributed by atoms with Gasteiger partial charge in [-0.3, -0.25) is 4.79 Å². The van der Waals surface area contributed by atoms with Gasteiger partial charge >= 0.3 is 6.18 Å². The number of rotatable bonds is 5. The zero-order valence-corrected chi connectivity index (χ0v) is 16.1. The first kappa shape index (κ1) is 21.3. The maximum absolute atomic E-state index is 14.5. The largest absolute Gasteiger partial charge is 0.434 e. The molecule has 3 rings (SSSR count). The van der Waals surface area contributed by atoms with E-state index < -0.39 is 29.3 Å². The van der Waals surface area contributed by atoms with Gasteiger partial charge in [-0.15, -0.1) is 5.12 Å². The van der Waals surface area contributed by atoms with E-state index in [0.717, 1.165) is 32.1 Å². The van der Waals surface area contributed by atoms with Crippen LogP contribution in [0.4, 0.5) is 29.3 Å². The molecule has 5 nitrogen and oxygen atoms in total. The van der Waals surface area contributed by atoms with Gasteiger partial charge in [-0.1, -0.05) is 41.4 Å². The molecule has 1 amide bonds. The predicted octanol–water partition coefficient (Wildman–Crippen LogP) is 5.48. The highest BCUT2D eigenvalue weighted by atomic mass is 35.5. The molecule has 156 valence electrons. The molecule has 0 aliphatic heterocycles. The summed E-state index contributed by atoms with van der Waals surface area (Å²) in [5.41, 5.74) is -2.37. The molecule has 0 bridgehead atoms. The second kappa shape index (κ2) is 8.94. The molecule has 1 N–H and O–H groups in total. The normalized spacial score (nSPS) is 15.2. The van der Waals surface area contributed by atoms with Crippen LogP contribution in [0.1, 0.15) is 48.2 Å². The summed E-state index contributed by atoms with van der Waals surface area (Å²) in [6.07, 6.45) is 0.813. The third-order valence-corrected chi connectivity index (χ3v) is 5.01. The standard InChI is InChI=1S/C19H19ClF4N4O/c20-13-7-4-8-14(9-13)28(24)18-26-11-15(16(27-18)19(21,22)23)17(29)25-10-12-5-2-1-3-6-12/h4,7-9,11-12H,1-3,5-6,10H2,(H,25,29). The van der Waals surface area contributed by atoms with E-state index in [2.05, 4.69) is 15.3 Å². The molecule has 1 aliphatic rings. The number of halogens is 5. The van der Waals surface area contributed by atoms with Crippen LogP contribution < -0.4 is 10.4 Å². The molecule has 0 radical (unpaired) electrons. The SMILES string of the molecule is O=C(NCC1CCCCC1)c1cnc(N(F)c2cccc(Cl)c2)nc1C(F)(F)F. The van der Waals surface area contributed by atoms with Crippen LogP contribution in [-0.2, 0) is 6.18 Å².